The van der Waals surface area contributed by atoms with E-state index in [4.69, 9.17) is 9.47 Å². The van der Waals surface area contributed by atoms with E-state index in [2.05, 4.69) is 27.6 Å². The van der Waals surface area contributed by atoms with Gasteiger partial charge in [0.25, 0.3) is 5.56 Å². The molecule has 1 saturated heterocycles. The molecule has 1 amide bonds. The Kier molecular flexibility index (Phi) is 6.59. The highest BCUT2D eigenvalue weighted by atomic mass is 16.5. The van der Waals surface area contributed by atoms with Gasteiger partial charge in [0.05, 0.1) is 44.4 Å². The van der Waals surface area contributed by atoms with Crippen molar-refractivity contribution < 1.29 is 19.2 Å². The lowest BCUT2D eigenvalue weighted by molar-refractivity contribution is -0.937. The second-order valence-corrected chi connectivity index (χ2v) is 7.62. The summed E-state index contributed by atoms with van der Waals surface area (Å²) >= 11 is 0. The molecular formula is C23H27N4O4+. The van der Waals surface area contributed by atoms with Gasteiger partial charge in [-0.1, -0.05) is 18.2 Å². The van der Waals surface area contributed by atoms with Crippen LogP contribution >= 0.6 is 0 Å². The van der Waals surface area contributed by atoms with Crippen molar-refractivity contribution in [3.63, 3.8) is 0 Å². The van der Waals surface area contributed by atoms with Gasteiger partial charge in [-0.15, -0.1) is 0 Å². The van der Waals surface area contributed by atoms with Crippen molar-refractivity contribution >= 4 is 16.7 Å². The van der Waals surface area contributed by atoms with E-state index < -0.39 is 0 Å². The van der Waals surface area contributed by atoms with E-state index in [0.717, 1.165) is 24.4 Å². The molecule has 162 valence electrons. The van der Waals surface area contributed by atoms with Gasteiger partial charge in [0.15, 0.2) is 0 Å². The smallest absolute Gasteiger partial charge is 0.272 e. The number of H-pyrrole nitrogens is 1. The number of aromatic nitrogens is 2. The van der Waals surface area contributed by atoms with E-state index in [0.29, 0.717) is 36.2 Å². The number of fused-ring (bicyclic) bond motifs is 1. The van der Waals surface area contributed by atoms with Gasteiger partial charge in [0.1, 0.15) is 24.9 Å². The van der Waals surface area contributed by atoms with E-state index in [1.165, 1.54) is 4.90 Å². The number of ether oxygens (including phenoxy) is 2. The highest BCUT2D eigenvalue weighted by Gasteiger charge is 2.27. The van der Waals surface area contributed by atoms with Crippen LogP contribution in [0.1, 0.15) is 17.3 Å². The Morgan fingerprint density at radius 3 is 2.58 bits per heavy atom. The van der Waals surface area contributed by atoms with E-state index in [-0.39, 0.29) is 23.9 Å². The second kappa shape index (κ2) is 9.72. The largest absolute Gasteiger partial charge is 0.497 e. The number of carbonyl (C=O) groups excluding carboxylic acids is 1. The minimum absolute atomic E-state index is 0.102. The zero-order valence-electron chi connectivity index (χ0n) is 17.5. The first-order valence-electron chi connectivity index (χ1n) is 10.4. The number of rotatable bonds is 7. The topological polar surface area (TPSA) is 97.7 Å². The molecule has 1 fully saturated rings. The first-order valence-corrected chi connectivity index (χ1v) is 10.4. The second-order valence-electron chi connectivity index (χ2n) is 7.62. The third-order valence-corrected chi connectivity index (χ3v) is 5.75. The maximum Gasteiger partial charge on any atom is 0.272 e. The van der Waals surface area contributed by atoms with Crippen molar-refractivity contribution in [3.05, 3.63) is 70.1 Å². The standard InChI is InChI=1S/C23H26N4O4/c1-30-17-8-6-16(7-9-17)21(27-10-12-31-13-11-27)15-24-22(28)14-20-18-4-2-3-5-19(18)23(29)26-25-20/h2-9,21H,10-15H2,1H3,(H,24,28)(H,26,29)/p+1/t21-/m1/s1. The van der Waals surface area contributed by atoms with Crippen LogP contribution in [-0.4, -0.2) is 56.1 Å². The molecule has 3 N–H and O–H groups in total. The number of aromatic amines is 1. The zero-order valence-corrected chi connectivity index (χ0v) is 17.5. The van der Waals surface area contributed by atoms with Crippen LogP contribution in [0.2, 0.25) is 0 Å². The molecule has 0 aliphatic carbocycles. The molecule has 31 heavy (non-hydrogen) atoms. The van der Waals surface area contributed by atoms with Gasteiger partial charge in [0, 0.05) is 10.9 Å². The molecule has 0 radical (unpaired) electrons. The summed E-state index contributed by atoms with van der Waals surface area (Å²) in [5.41, 5.74) is 1.45. The molecule has 8 heteroatoms. The first kappa shape index (κ1) is 21.0. The number of nitrogens with one attached hydrogen (secondary N) is 3. The number of nitrogens with zero attached hydrogens (tertiary/aromatic N) is 1. The van der Waals surface area contributed by atoms with Crippen LogP contribution in [-0.2, 0) is 16.0 Å². The molecule has 3 aromatic rings. The molecule has 1 atom stereocenters. The van der Waals surface area contributed by atoms with Crippen molar-refractivity contribution in [1.29, 1.82) is 0 Å². The Morgan fingerprint density at radius 2 is 1.87 bits per heavy atom. The normalized spacial score (nSPS) is 15.5. The number of benzene rings is 2. The van der Waals surface area contributed by atoms with E-state index >= 15 is 0 Å². The summed E-state index contributed by atoms with van der Waals surface area (Å²) in [6.07, 6.45) is 0.102. The van der Waals surface area contributed by atoms with Gasteiger partial charge in [0.2, 0.25) is 5.91 Å². The van der Waals surface area contributed by atoms with Crippen LogP contribution < -0.4 is 20.5 Å². The fourth-order valence-electron chi connectivity index (χ4n) is 4.05. The molecule has 2 aromatic carbocycles. The first-order chi connectivity index (χ1) is 15.2. The molecule has 1 aliphatic rings. The summed E-state index contributed by atoms with van der Waals surface area (Å²) in [5.74, 6) is 0.676. The van der Waals surface area contributed by atoms with E-state index in [1.54, 1.807) is 19.2 Å². The van der Waals surface area contributed by atoms with Crippen LogP contribution in [0.15, 0.2) is 53.3 Å². The maximum atomic E-state index is 12.8. The van der Waals surface area contributed by atoms with Crippen molar-refractivity contribution in [3.8, 4) is 5.75 Å². The van der Waals surface area contributed by atoms with Crippen molar-refractivity contribution in [1.82, 2.24) is 15.5 Å². The van der Waals surface area contributed by atoms with E-state index in [1.807, 2.05) is 24.3 Å². The van der Waals surface area contributed by atoms with Gasteiger partial charge in [-0.3, -0.25) is 9.59 Å². The minimum atomic E-state index is -0.254. The quantitative estimate of drug-likeness (QED) is 0.506. The summed E-state index contributed by atoms with van der Waals surface area (Å²) in [7, 11) is 1.65. The predicted octanol–water partition coefficient (Wildman–Crippen LogP) is 0.247. The lowest BCUT2D eigenvalue weighted by Gasteiger charge is -2.32. The van der Waals surface area contributed by atoms with Crippen LogP contribution in [0.3, 0.4) is 0 Å². The predicted molar refractivity (Wildman–Crippen MR) is 116 cm³/mol. The molecule has 1 aliphatic heterocycles. The number of carbonyl (C=O) groups is 1. The van der Waals surface area contributed by atoms with Gasteiger partial charge in [-0.05, 0) is 30.3 Å². The summed E-state index contributed by atoms with van der Waals surface area (Å²) in [6.45, 7) is 3.70. The SMILES string of the molecule is COc1ccc([C@@H](CNC(=O)Cc2n[nH]c(=O)c3ccccc23)[NH+]2CCOCC2)cc1. The van der Waals surface area contributed by atoms with E-state index in [9.17, 15) is 9.59 Å². The number of hydrogen-bond donors (Lipinski definition) is 3. The van der Waals surface area contributed by atoms with Gasteiger partial charge >= 0.3 is 0 Å². The summed E-state index contributed by atoms with van der Waals surface area (Å²) in [4.78, 5) is 26.1. The van der Waals surface area contributed by atoms with Crippen molar-refractivity contribution in [2.24, 2.45) is 0 Å². The minimum Gasteiger partial charge on any atom is -0.497 e. The summed E-state index contributed by atoms with van der Waals surface area (Å²) in [6, 6.07) is 15.3. The van der Waals surface area contributed by atoms with Crippen molar-refractivity contribution in [2.45, 2.75) is 12.5 Å². The highest BCUT2D eigenvalue weighted by molar-refractivity contribution is 5.88. The number of quaternary nitrogens is 1. The Hall–Kier alpha value is -3.23. The third-order valence-electron chi connectivity index (χ3n) is 5.75. The summed E-state index contributed by atoms with van der Waals surface area (Å²) in [5, 5.41) is 10.9. The lowest BCUT2D eigenvalue weighted by atomic mass is 10.0. The Balaban J connectivity index is 1.48. The molecule has 0 bridgehead atoms. The third kappa shape index (κ3) is 4.92. The highest BCUT2D eigenvalue weighted by Crippen LogP contribution is 2.16. The molecule has 0 unspecified atom stereocenters. The molecule has 8 nitrogen and oxygen atoms in total. The van der Waals surface area contributed by atoms with Gasteiger partial charge in [-0.25, -0.2) is 5.10 Å². The summed E-state index contributed by atoms with van der Waals surface area (Å²) < 4.78 is 10.8. The molecule has 0 saturated carbocycles. The fourth-order valence-corrected chi connectivity index (χ4v) is 4.05. The van der Waals surface area contributed by atoms with Gasteiger partial charge < -0.3 is 19.7 Å². The van der Waals surface area contributed by atoms with Crippen LogP contribution in [0.5, 0.6) is 5.75 Å². The van der Waals surface area contributed by atoms with Gasteiger partial charge in [-0.2, -0.15) is 5.10 Å². The van der Waals surface area contributed by atoms with Crippen LogP contribution in [0.25, 0.3) is 10.8 Å². The average molecular weight is 423 g/mol. The maximum absolute atomic E-state index is 12.8. The number of morpholine rings is 1. The number of hydrogen-bond acceptors (Lipinski definition) is 5. The molecule has 2 heterocycles. The Labute approximate surface area is 180 Å². The molecule has 1 aromatic heterocycles. The number of methoxy groups -OCH3 is 1. The van der Waals surface area contributed by atoms with Crippen molar-refractivity contribution in [2.75, 3.05) is 40.0 Å². The lowest BCUT2D eigenvalue weighted by Crippen LogP contribution is -3.15. The fraction of sp³-hybridized carbons (Fsp3) is 0.348. The molecule has 4 rings (SSSR count). The zero-order chi connectivity index (χ0) is 21.6. The Morgan fingerprint density at radius 1 is 1.16 bits per heavy atom. The molecular weight excluding hydrogens is 396 g/mol. The van der Waals surface area contributed by atoms with Crippen LogP contribution in [0.4, 0.5) is 0 Å². The molecule has 0 spiro atoms. The average Bonchev–Trinajstić information content (AvgIpc) is 2.82. The monoisotopic (exact) mass is 423 g/mol. The van der Waals surface area contributed by atoms with Crippen LogP contribution in [0, 0.1) is 0 Å². The Bertz CT molecular complexity index is 1090. The number of amides is 1.